The van der Waals surface area contributed by atoms with Gasteiger partial charge in [0.2, 0.25) is 5.91 Å². The molecule has 0 heterocycles. The zero-order valence-corrected chi connectivity index (χ0v) is 10.1. The van der Waals surface area contributed by atoms with Crippen LogP contribution in [-0.4, -0.2) is 37.0 Å². The van der Waals surface area contributed by atoms with Gasteiger partial charge in [-0.1, -0.05) is 6.08 Å². The normalized spacial score (nSPS) is 10.0. The lowest BCUT2D eigenvalue weighted by molar-refractivity contribution is -0.130. The molecule has 3 heteroatoms. The third kappa shape index (κ3) is 7.14. The Morgan fingerprint density at radius 1 is 1.33 bits per heavy atom. The van der Waals surface area contributed by atoms with E-state index in [1.54, 1.807) is 0 Å². The van der Waals surface area contributed by atoms with Crippen LogP contribution in [-0.2, 0) is 4.79 Å². The van der Waals surface area contributed by atoms with Gasteiger partial charge < -0.3 is 10.2 Å². The van der Waals surface area contributed by atoms with Crippen molar-refractivity contribution in [3.05, 3.63) is 12.7 Å². The Labute approximate surface area is 93.5 Å². The molecule has 0 bridgehead atoms. The third-order valence-electron chi connectivity index (χ3n) is 2.39. The molecular formula is C12H24N2O. The van der Waals surface area contributed by atoms with E-state index < -0.39 is 0 Å². The highest BCUT2D eigenvalue weighted by atomic mass is 16.2. The average Bonchev–Trinajstić information content (AvgIpc) is 2.25. The van der Waals surface area contributed by atoms with Gasteiger partial charge in [0.15, 0.2) is 0 Å². The van der Waals surface area contributed by atoms with E-state index >= 15 is 0 Å². The number of nitrogens with one attached hydrogen (secondary N) is 1. The number of allylic oxidation sites excluding steroid dienone is 1. The summed E-state index contributed by atoms with van der Waals surface area (Å²) in [5.41, 5.74) is 0. The minimum absolute atomic E-state index is 0.247. The molecule has 0 aromatic carbocycles. The van der Waals surface area contributed by atoms with Crippen molar-refractivity contribution in [1.82, 2.24) is 10.2 Å². The second-order valence-corrected chi connectivity index (χ2v) is 3.50. The van der Waals surface area contributed by atoms with Gasteiger partial charge in [0.25, 0.3) is 0 Å². The second-order valence-electron chi connectivity index (χ2n) is 3.50. The molecule has 0 aliphatic heterocycles. The van der Waals surface area contributed by atoms with E-state index in [1.807, 2.05) is 24.8 Å². The SMILES string of the molecule is C=CCCCNCCC(=O)N(CC)CC. The minimum Gasteiger partial charge on any atom is -0.343 e. The molecule has 0 atom stereocenters. The van der Waals surface area contributed by atoms with Crippen LogP contribution >= 0.6 is 0 Å². The monoisotopic (exact) mass is 212 g/mol. The van der Waals surface area contributed by atoms with Gasteiger partial charge in [0, 0.05) is 26.1 Å². The molecule has 0 radical (unpaired) electrons. The predicted octanol–water partition coefficient (Wildman–Crippen LogP) is 1.80. The molecule has 88 valence electrons. The first kappa shape index (κ1) is 14.2. The van der Waals surface area contributed by atoms with Gasteiger partial charge in [-0.3, -0.25) is 4.79 Å². The van der Waals surface area contributed by atoms with Crippen LogP contribution in [0, 0.1) is 0 Å². The highest BCUT2D eigenvalue weighted by Crippen LogP contribution is 1.93. The maximum atomic E-state index is 11.6. The van der Waals surface area contributed by atoms with Crippen molar-refractivity contribution in [3.8, 4) is 0 Å². The first-order valence-electron chi connectivity index (χ1n) is 5.85. The number of carbonyl (C=O) groups excluding carboxylic acids is 1. The number of carbonyl (C=O) groups is 1. The molecule has 0 aliphatic carbocycles. The van der Waals surface area contributed by atoms with Crippen molar-refractivity contribution < 1.29 is 4.79 Å². The molecule has 0 saturated heterocycles. The molecule has 0 aliphatic rings. The molecule has 15 heavy (non-hydrogen) atoms. The summed E-state index contributed by atoms with van der Waals surface area (Å²) in [6.07, 6.45) is 4.67. The number of hydrogen-bond donors (Lipinski definition) is 1. The summed E-state index contributed by atoms with van der Waals surface area (Å²) in [5.74, 6) is 0.247. The first-order chi connectivity index (χ1) is 7.26. The zero-order chi connectivity index (χ0) is 11.5. The number of rotatable bonds is 9. The van der Waals surface area contributed by atoms with Gasteiger partial charge in [0.1, 0.15) is 0 Å². The van der Waals surface area contributed by atoms with Crippen molar-refractivity contribution in [3.63, 3.8) is 0 Å². The Balaban J connectivity index is 3.41. The maximum Gasteiger partial charge on any atom is 0.223 e. The second kappa shape index (κ2) is 9.71. The molecular weight excluding hydrogens is 188 g/mol. The summed E-state index contributed by atoms with van der Waals surface area (Å²) in [6.45, 7) is 11.1. The van der Waals surface area contributed by atoms with Crippen LogP contribution in [0.3, 0.4) is 0 Å². The molecule has 3 nitrogen and oxygen atoms in total. The zero-order valence-electron chi connectivity index (χ0n) is 10.1. The van der Waals surface area contributed by atoms with E-state index in [4.69, 9.17) is 0 Å². The lowest BCUT2D eigenvalue weighted by Gasteiger charge is -2.18. The van der Waals surface area contributed by atoms with Crippen LogP contribution in [0.2, 0.25) is 0 Å². The summed E-state index contributed by atoms with van der Waals surface area (Å²) in [7, 11) is 0. The van der Waals surface area contributed by atoms with E-state index in [-0.39, 0.29) is 5.91 Å². The average molecular weight is 212 g/mol. The number of amides is 1. The molecule has 0 fully saturated rings. The van der Waals surface area contributed by atoms with Crippen LogP contribution in [0.1, 0.15) is 33.1 Å². The van der Waals surface area contributed by atoms with Crippen LogP contribution in [0.4, 0.5) is 0 Å². The molecule has 0 saturated carbocycles. The van der Waals surface area contributed by atoms with Gasteiger partial charge >= 0.3 is 0 Å². The molecule has 0 rings (SSSR count). The van der Waals surface area contributed by atoms with E-state index in [2.05, 4.69) is 11.9 Å². The van der Waals surface area contributed by atoms with Gasteiger partial charge in [-0.15, -0.1) is 6.58 Å². The van der Waals surface area contributed by atoms with Gasteiger partial charge in [-0.2, -0.15) is 0 Å². The summed E-state index contributed by atoms with van der Waals surface area (Å²) in [5, 5.41) is 3.26. The summed E-state index contributed by atoms with van der Waals surface area (Å²) >= 11 is 0. The summed E-state index contributed by atoms with van der Waals surface area (Å²) < 4.78 is 0. The van der Waals surface area contributed by atoms with Crippen molar-refractivity contribution in [2.75, 3.05) is 26.2 Å². The summed E-state index contributed by atoms with van der Waals surface area (Å²) in [4.78, 5) is 13.4. The highest BCUT2D eigenvalue weighted by Gasteiger charge is 2.07. The quantitative estimate of drug-likeness (QED) is 0.467. The van der Waals surface area contributed by atoms with E-state index in [9.17, 15) is 4.79 Å². The molecule has 1 N–H and O–H groups in total. The largest absolute Gasteiger partial charge is 0.343 e. The maximum absolute atomic E-state index is 11.6. The van der Waals surface area contributed by atoms with E-state index in [0.29, 0.717) is 6.42 Å². The topological polar surface area (TPSA) is 32.3 Å². The first-order valence-corrected chi connectivity index (χ1v) is 5.85. The van der Waals surface area contributed by atoms with Gasteiger partial charge in [0.05, 0.1) is 0 Å². The number of unbranched alkanes of at least 4 members (excludes halogenated alkanes) is 1. The third-order valence-corrected chi connectivity index (χ3v) is 2.39. The standard InChI is InChI=1S/C12H24N2O/c1-4-7-8-10-13-11-9-12(15)14(5-2)6-3/h4,13H,1,5-11H2,2-3H3. The Kier molecular flexibility index (Phi) is 9.18. The fourth-order valence-corrected chi connectivity index (χ4v) is 1.43. The van der Waals surface area contributed by atoms with Crippen molar-refractivity contribution in [2.24, 2.45) is 0 Å². The van der Waals surface area contributed by atoms with Crippen LogP contribution in [0.15, 0.2) is 12.7 Å². The van der Waals surface area contributed by atoms with Crippen molar-refractivity contribution in [2.45, 2.75) is 33.1 Å². The molecule has 0 aromatic heterocycles. The fourth-order valence-electron chi connectivity index (χ4n) is 1.43. The Hall–Kier alpha value is -0.830. The molecule has 1 amide bonds. The smallest absolute Gasteiger partial charge is 0.223 e. The highest BCUT2D eigenvalue weighted by molar-refractivity contribution is 5.76. The van der Waals surface area contributed by atoms with E-state index in [1.165, 1.54) is 0 Å². The Bertz CT molecular complexity index is 176. The Morgan fingerprint density at radius 3 is 2.53 bits per heavy atom. The van der Waals surface area contributed by atoms with Crippen LogP contribution in [0.25, 0.3) is 0 Å². The molecule has 0 spiro atoms. The lowest BCUT2D eigenvalue weighted by Crippen LogP contribution is -2.33. The number of hydrogen-bond acceptors (Lipinski definition) is 2. The van der Waals surface area contributed by atoms with E-state index in [0.717, 1.165) is 39.0 Å². The van der Waals surface area contributed by atoms with Crippen molar-refractivity contribution in [1.29, 1.82) is 0 Å². The van der Waals surface area contributed by atoms with Gasteiger partial charge in [-0.25, -0.2) is 0 Å². The van der Waals surface area contributed by atoms with Crippen LogP contribution < -0.4 is 5.32 Å². The predicted molar refractivity (Wildman–Crippen MR) is 64.8 cm³/mol. The summed E-state index contributed by atoms with van der Waals surface area (Å²) in [6, 6.07) is 0. The van der Waals surface area contributed by atoms with Gasteiger partial charge in [-0.05, 0) is 33.2 Å². The molecule has 0 aromatic rings. The lowest BCUT2D eigenvalue weighted by atomic mass is 10.3. The van der Waals surface area contributed by atoms with Crippen LogP contribution in [0.5, 0.6) is 0 Å². The number of nitrogens with zero attached hydrogens (tertiary/aromatic N) is 1. The molecule has 0 unspecified atom stereocenters. The minimum atomic E-state index is 0.247. The van der Waals surface area contributed by atoms with Crippen molar-refractivity contribution >= 4 is 5.91 Å². The Morgan fingerprint density at radius 2 is 2.00 bits per heavy atom. The fraction of sp³-hybridized carbons (Fsp3) is 0.750.